The number of halogens is 1. The second-order valence-electron chi connectivity index (χ2n) is 3.37. The third kappa shape index (κ3) is 4.28. The number of hydrogen-bond acceptors (Lipinski definition) is 4. The molecule has 3 N–H and O–H groups in total. The molecule has 1 atom stereocenters. The quantitative estimate of drug-likeness (QED) is 0.673. The molecule has 0 bridgehead atoms. The lowest BCUT2D eigenvalue weighted by Gasteiger charge is -2.10. The van der Waals surface area contributed by atoms with Crippen LogP contribution in [0.4, 0.5) is 0 Å². The summed E-state index contributed by atoms with van der Waals surface area (Å²) in [4.78, 5) is 10.4. The molecule has 6 heteroatoms. The fraction of sp³-hybridized carbons (Fsp3) is 0.667. The van der Waals surface area contributed by atoms with Crippen LogP contribution in [0.2, 0.25) is 0 Å². The van der Waals surface area contributed by atoms with Gasteiger partial charge in [0.1, 0.15) is 6.04 Å². The highest BCUT2D eigenvalue weighted by Gasteiger charge is 2.39. The van der Waals surface area contributed by atoms with Crippen LogP contribution in [0.3, 0.4) is 0 Å². The lowest BCUT2D eigenvalue weighted by molar-refractivity contribution is -0.138. The lowest BCUT2D eigenvalue weighted by atomic mass is 9.99. The first kappa shape index (κ1) is 13.9. The summed E-state index contributed by atoms with van der Waals surface area (Å²) >= 11 is 0. The van der Waals surface area contributed by atoms with Crippen molar-refractivity contribution in [3.63, 3.8) is 0 Å². The molecule has 1 heterocycles. The minimum Gasteiger partial charge on any atom is -0.480 e. The Morgan fingerprint density at radius 1 is 1.53 bits per heavy atom. The molecule has 0 spiro atoms. The Morgan fingerprint density at radius 2 is 2.13 bits per heavy atom. The molecule has 0 amide bonds. The van der Waals surface area contributed by atoms with Crippen molar-refractivity contribution in [1.82, 2.24) is 0 Å². The monoisotopic (exact) mass is 231 g/mol. The molecule has 84 valence electrons. The summed E-state index contributed by atoms with van der Waals surface area (Å²) in [6, 6.07) is -0.830. The van der Waals surface area contributed by atoms with Crippen LogP contribution >= 0.6 is 12.4 Å². The second kappa shape index (κ2) is 5.69. The van der Waals surface area contributed by atoms with Gasteiger partial charge in [0.2, 0.25) is 0 Å². The van der Waals surface area contributed by atoms with Gasteiger partial charge in [-0.25, -0.2) is 0 Å². The molecule has 0 saturated carbocycles. The van der Waals surface area contributed by atoms with E-state index >= 15 is 0 Å². The third-order valence-corrected chi connectivity index (χ3v) is 2.23. The van der Waals surface area contributed by atoms with Crippen molar-refractivity contribution >= 4 is 18.4 Å². The number of terminal acetylenes is 1. The van der Waals surface area contributed by atoms with Crippen molar-refractivity contribution < 1.29 is 9.90 Å². The van der Waals surface area contributed by atoms with E-state index in [-0.39, 0.29) is 12.4 Å². The fourth-order valence-corrected chi connectivity index (χ4v) is 1.18. The smallest absolute Gasteiger partial charge is 0.320 e. The van der Waals surface area contributed by atoms with Crippen molar-refractivity contribution in [3.8, 4) is 12.3 Å². The minimum absolute atomic E-state index is 0. The summed E-state index contributed by atoms with van der Waals surface area (Å²) in [5.74, 6) is 1.52. The topological polar surface area (TPSA) is 88.0 Å². The van der Waals surface area contributed by atoms with E-state index in [4.69, 9.17) is 17.3 Å². The maximum absolute atomic E-state index is 10.4. The van der Waals surface area contributed by atoms with Crippen LogP contribution in [0.5, 0.6) is 0 Å². The maximum Gasteiger partial charge on any atom is 0.320 e. The van der Waals surface area contributed by atoms with Gasteiger partial charge >= 0.3 is 5.97 Å². The molecule has 5 nitrogen and oxygen atoms in total. The van der Waals surface area contributed by atoms with E-state index in [2.05, 4.69) is 16.1 Å². The number of carbonyl (C=O) groups is 1. The van der Waals surface area contributed by atoms with Crippen molar-refractivity contribution in [1.29, 1.82) is 0 Å². The summed E-state index contributed by atoms with van der Waals surface area (Å²) in [7, 11) is 0. The van der Waals surface area contributed by atoms with E-state index in [0.717, 1.165) is 0 Å². The molecule has 0 aromatic carbocycles. The van der Waals surface area contributed by atoms with Gasteiger partial charge in [0, 0.05) is 12.8 Å². The van der Waals surface area contributed by atoms with Crippen molar-refractivity contribution in [2.75, 3.05) is 0 Å². The average Bonchev–Trinajstić information content (AvgIpc) is 2.92. The molecule has 1 rings (SSSR count). The number of nitrogens with two attached hydrogens (primary N) is 1. The summed E-state index contributed by atoms with van der Waals surface area (Å²) in [6.45, 7) is 0. The highest BCUT2D eigenvalue weighted by Crippen LogP contribution is 2.37. The molecule has 0 unspecified atom stereocenters. The average molecular weight is 232 g/mol. The minimum atomic E-state index is -0.988. The van der Waals surface area contributed by atoms with Gasteiger partial charge in [-0.3, -0.25) is 4.79 Å². The molecule has 0 saturated heterocycles. The molecule has 15 heavy (non-hydrogen) atoms. The van der Waals surface area contributed by atoms with E-state index in [1.165, 1.54) is 0 Å². The lowest BCUT2D eigenvalue weighted by Crippen LogP contribution is -2.31. The molecular formula is C9H14ClN3O2. The van der Waals surface area contributed by atoms with Gasteiger partial charge in [-0.1, -0.05) is 0 Å². The predicted molar refractivity (Wildman–Crippen MR) is 57.7 cm³/mol. The molecule has 1 aliphatic heterocycles. The van der Waals surface area contributed by atoms with Gasteiger partial charge in [-0.2, -0.15) is 10.2 Å². The summed E-state index contributed by atoms with van der Waals surface area (Å²) in [6.07, 6.45) is 7.37. The van der Waals surface area contributed by atoms with E-state index in [0.29, 0.717) is 25.7 Å². The molecule has 0 aliphatic carbocycles. The van der Waals surface area contributed by atoms with E-state index in [1.807, 2.05) is 0 Å². The first-order valence-corrected chi connectivity index (χ1v) is 4.45. The molecule has 0 radical (unpaired) electrons. The summed E-state index contributed by atoms with van der Waals surface area (Å²) in [5.41, 5.74) is 4.94. The Hall–Kier alpha value is -1.12. The second-order valence-corrected chi connectivity index (χ2v) is 3.37. The molecule has 0 aromatic heterocycles. The first-order valence-electron chi connectivity index (χ1n) is 4.45. The molecule has 0 fully saturated rings. The van der Waals surface area contributed by atoms with Crippen LogP contribution in [0.25, 0.3) is 0 Å². The van der Waals surface area contributed by atoms with Crippen molar-refractivity contribution in [3.05, 3.63) is 0 Å². The van der Waals surface area contributed by atoms with Crippen LogP contribution in [-0.4, -0.2) is 22.8 Å². The van der Waals surface area contributed by atoms with Gasteiger partial charge in [-0.05, 0) is 12.8 Å². The van der Waals surface area contributed by atoms with Gasteiger partial charge in [0.05, 0.1) is 0 Å². The number of carboxylic acids is 1. The predicted octanol–water partition coefficient (Wildman–Crippen LogP) is 1.18. The van der Waals surface area contributed by atoms with Gasteiger partial charge in [-0.15, -0.1) is 24.8 Å². The van der Waals surface area contributed by atoms with Gasteiger partial charge in [0.15, 0.2) is 5.66 Å². The standard InChI is InChI=1S/C9H13N3O2.ClH/c1-2-3-5-9(11-12-9)6-4-7(10)8(13)14;/h1,7H,3-6,10H2,(H,13,14);1H/t7-;/m0./s1. The molecular weight excluding hydrogens is 218 g/mol. The Morgan fingerprint density at radius 3 is 2.53 bits per heavy atom. The van der Waals surface area contributed by atoms with Crippen LogP contribution in [0.15, 0.2) is 10.2 Å². The maximum atomic E-state index is 10.4. The molecule has 1 aliphatic rings. The Kier molecular flexibility index (Phi) is 5.26. The van der Waals surface area contributed by atoms with Crippen molar-refractivity contribution in [2.24, 2.45) is 16.0 Å². The normalized spacial score (nSPS) is 17.3. The fourth-order valence-electron chi connectivity index (χ4n) is 1.18. The zero-order valence-electron chi connectivity index (χ0n) is 8.22. The zero-order chi connectivity index (χ0) is 10.6. The Balaban J connectivity index is 0.00000196. The van der Waals surface area contributed by atoms with E-state index < -0.39 is 17.7 Å². The zero-order valence-corrected chi connectivity index (χ0v) is 9.04. The number of nitrogens with zero attached hydrogens (tertiary/aromatic N) is 2. The summed E-state index contributed by atoms with van der Waals surface area (Å²) < 4.78 is 0. The highest BCUT2D eigenvalue weighted by atomic mass is 35.5. The highest BCUT2D eigenvalue weighted by molar-refractivity contribution is 5.85. The van der Waals surface area contributed by atoms with Crippen LogP contribution < -0.4 is 5.73 Å². The van der Waals surface area contributed by atoms with Crippen molar-refractivity contribution in [2.45, 2.75) is 37.4 Å². The van der Waals surface area contributed by atoms with Crippen LogP contribution in [0.1, 0.15) is 25.7 Å². The third-order valence-electron chi connectivity index (χ3n) is 2.23. The summed E-state index contributed by atoms with van der Waals surface area (Å²) in [5, 5.41) is 16.3. The van der Waals surface area contributed by atoms with Crippen LogP contribution in [0, 0.1) is 12.3 Å². The van der Waals surface area contributed by atoms with E-state index in [9.17, 15) is 4.79 Å². The van der Waals surface area contributed by atoms with Crippen LogP contribution in [-0.2, 0) is 4.79 Å². The van der Waals surface area contributed by atoms with E-state index in [1.54, 1.807) is 0 Å². The number of hydrogen-bond donors (Lipinski definition) is 2. The Bertz CT molecular complexity index is 292. The largest absolute Gasteiger partial charge is 0.480 e. The Labute approximate surface area is 94.5 Å². The SMILES string of the molecule is C#CCCC1(CC[C@H](N)C(=O)O)N=N1.Cl. The van der Waals surface area contributed by atoms with Gasteiger partial charge in [0.25, 0.3) is 0 Å². The molecule has 0 aromatic rings. The number of carboxylic acid groups (broad SMARTS) is 1. The number of rotatable bonds is 6. The van der Waals surface area contributed by atoms with Gasteiger partial charge < -0.3 is 10.8 Å². The first-order chi connectivity index (χ1) is 6.59. The number of aliphatic carboxylic acids is 1.